The average Bonchev–Trinajstić information content (AvgIpc) is 2.85. The topological polar surface area (TPSA) is 69.6 Å². The fraction of sp³-hybridized carbons (Fsp3) is 0.467. The molecule has 5 nitrogen and oxygen atoms in total. The Balaban J connectivity index is 2.18. The zero-order valence-electron chi connectivity index (χ0n) is 11.8. The summed E-state index contributed by atoms with van der Waals surface area (Å²) in [5.74, 6) is -0.988. The van der Waals surface area contributed by atoms with Gasteiger partial charge in [-0.05, 0) is 37.1 Å². The van der Waals surface area contributed by atoms with Gasteiger partial charge in [-0.25, -0.2) is 0 Å². The Morgan fingerprint density at radius 1 is 1.35 bits per heavy atom. The normalized spacial score (nSPS) is 14.7. The van der Waals surface area contributed by atoms with Gasteiger partial charge in [-0.3, -0.25) is 9.59 Å². The van der Waals surface area contributed by atoms with E-state index in [-0.39, 0.29) is 18.4 Å². The number of carboxylic acid groups (broad SMARTS) is 1. The van der Waals surface area contributed by atoms with E-state index in [0.717, 1.165) is 18.7 Å². The van der Waals surface area contributed by atoms with Gasteiger partial charge in [-0.15, -0.1) is 0 Å². The van der Waals surface area contributed by atoms with Crippen LogP contribution >= 0.6 is 0 Å². The minimum atomic E-state index is -0.887. The van der Waals surface area contributed by atoms with E-state index in [1.807, 2.05) is 25.1 Å². The van der Waals surface area contributed by atoms with Crippen molar-refractivity contribution in [3.05, 3.63) is 34.9 Å². The molecule has 2 N–H and O–H groups in total. The highest BCUT2D eigenvalue weighted by molar-refractivity contribution is 5.95. The maximum Gasteiger partial charge on any atom is 0.305 e. The van der Waals surface area contributed by atoms with Crippen molar-refractivity contribution in [2.75, 3.05) is 6.54 Å². The van der Waals surface area contributed by atoms with Gasteiger partial charge in [0.25, 0.3) is 5.91 Å². The monoisotopic (exact) mass is 276 g/mol. The summed E-state index contributed by atoms with van der Waals surface area (Å²) in [7, 11) is 0. The van der Waals surface area contributed by atoms with Crippen molar-refractivity contribution in [1.29, 1.82) is 0 Å². The van der Waals surface area contributed by atoms with Gasteiger partial charge < -0.3 is 15.3 Å². The second-order valence-electron chi connectivity index (χ2n) is 5.13. The lowest BCUT2D eigenvalue weighted by Crippen LogP contribution is -2.39. The van der Waals surface area contributed by atoms with E-state index < -0.39 is 5.97 Å². The Kier molecular flexibility index (Phi) is 4.39. The summed E-state index contributed by atoms with van der Waals surface area (Å²) in [5, 5.41) is 12.1. The van der Waals surface area contributed by atoms with Crippen LogP contribution in [0.25, 0.3) is 0 Å². The molecule has 1 unspecified atom stereocenters. The second-order valence-corrected chi connectivity index (χ2v) is 5.13. The van der Waals surface area contributed by atoms with Crippen molar-refractivity contribution in [3.63, 3.8) is 0 Å². The number of carbonyl (C=O) groups excluding carboxylic acids is 1. The number of benzene rings is 1. The lowest BCUT2D eigenvalue weighted by atomic mass is 10.0. The molecule has 1 heterocycles. The number of hydrogen-bond donors (Lipinski definition) is 2. The van der Waals surface area contributed by atoms with E-state index in [4.69, 9.17) is 5.11 Å². The standard InChI is InChI=1S/C15H20N2O3/c1-3-17(10(2)6-14(18)19)15(20)11-4-5-12-8-16-9-13(12)7-11/h4-5,7,10,16H,3,6,8-9H2,1-2H3,(H,18,19). The molecule has 1 aliphatic rings. The van der Waals surface area contributed by atoms with Crippen molar-refractivity contribution < 1.29 is 14.7 Å². The molecule has 0 saturated heterocycles. The SMILES string of the molecule is CCN(C(=O)c1ccc2c(c1)CNC2)C(C)CC(=O)O. The molecule has 0 spiro atoms. The maximum atomic E-state index is 12.5. The number of fused-ring (bicyclic) bond motifs is 1. The molecule has 0 radical (unpaired) electrons. The molecule has 0 aliphatic carbocycles. The molecule has 1 aromatic carbocycles. The number of aliphatic carboxylic acids is 1. The number of carboxylic acids is 1. The average molecular weight is 276 g/mol. The van der Waals surface area contributed by atoms with Crippen LogP contribution in [0.15, 0.2) is 18.2 Å². The van der Waals surface area contributed by atoms with Gasteiger partial charge in [0.1, 0.15) is 0 Å². The van der Waals surface area contributed by atoms with Crippen LogP contribution in [-0.4, -0.2) is 34.5 Å². The highest BCUT2D eigenvalue weighted by atomic mass is 16.4. The van der Waals surface area contributed by atoms with Gasteiger partial charge in [0.15, 0.2) is 0 Å². The molecule has 0 bridgehead atoms. The first kappa shape index (κ1) is 14.5. The molecular formula is C15H20N2O3. The fourth-order valence-electron chi connectivity index (χ4n) is 2.61. The predicted molar refractivity (Wildman–Crippen MR) is 75.4 cm³/mol. The minimum absolute atomic E-state index is 0.0356. The predicted octanol–water partition coefficient (Wildman–Crippen LogP) is 1.62. The van der Waals surface area contributed by atoms with Crippen LogP contribution in [0.5, 0.6) is 0 Å². The van der Waals surface area contributed by atoms with Gasteiger partial charge >= 0.3 is 5.97 Å². The molecule has 1 aliphatic heterocycles. The summed E-state index contributed by atoms with van der Waals surface area (Å²) in [6.07, 6.45) is -0.0356. The van der Waals surface area contributed by atoms with Crippen molar-refractivity contribution in [1.82, 2.24) is 10.2 Å². The van der Waals surface area contributed by atoms with E-state index in [0.29, 0.717) is 12.1 Å². The number of hydrogen-bond acceptors (Lipinski definition) is 3. The Hall–Kier alpha value is -1.88. The Labute approximate surface area is 118 Å². The number of amides is 1. The summed E-state index contributed by atoms with van der Waals surface area (Å²) in [6, 6.07) is 5.40. The highest BCUT2D eigenvalue weighted by Gasteiger charge is 2.23. The van der Waals surface area contributed by atoms with Gasteiger partial charge in [-0.1, -0.05) is 6.07 Å². The third-order valence-corrected chi connectivity index (χ3v) is 3.69. The molecule has 5 heteroatoms. The van der Waals surface area contributed by atoms with E-state index in [9.17, 15) is 9.59 Å². The van der Waals surface area contributed by atoms with E-state index in [1.165, 1.54) is 5.56 Å². The summed E-state index contributed by atoms with van der Waals surface area (Å²) in [6.45, 7) is 5.77. The zero-order chi connectivity index (χ0) is 14.7. The fourth-order valence-corrected chi connectivity index (χ4v) is 2.61. The molecule has 20 heavy (non-hydrogen) atoms. The third-order valence-electron chi connectivity index (χ3n) is 3.69. The van der Waals surface area contributed by atoms with Crippen LogP contribution in [0.3, 0.4) is 0 Å². The van der Waals surface area contributed by atoms with Crippen LogP contribution in [0.1, 0.15) is 41.8 Å². The number of carbonyl (C=O) groups is 2. The molecule has 1 amide bonds. The Bertz CT molecular complexity index is 528. The van der Waals surface area contributed by atoms with Crippen LogP contribution < -0.4 is 5.32 Å². The quantitative estimate of drug-likeness (QED) is 0.857. The van der Waals surface area contributed by atoms with Crippen LogP contribution in [-0.2, 0) is 17.9 Å². The second kappa shape index (κ2) is 6.05. The lowest BCUT2D eigenvalue weighted by molar-refractivity contribution is -0.138. The summed E-state index contributed by atoms with van der Waals surface area (Å²) >= 11 is 0. The minimum Gasteiger partial charge on any atom is -0.481 e. The summed E-state index contributed by atoms with van der Waals surface area (Å²) in [4.78, 5) is 24.9. The van der Waals surface area contributed by atoms with E-state index >= 15 is 0 Å². The van der Waals surface area contributed by atoms with Gasteiger partial charge in [0.2, 0.25) is 0 Å². The van der Waals surface area contributed by atoms with Crippen LogP contribution in [0.4, 0.5) is 0 Å². The molecule has 0 aromatic heterocycles. The maximum absolute atomic E-state index is 12.5. The van der Waals surface area contributed by atoms with Crippen LogP contribution in [0.2, 0.25) is 0 Å². The van der Waals surface area contributed by atoms with Crippen molar-refractivity contribution in [3.8, 4) is 0 Å². The van der Waals surface area contributed by atoms with Crippen molar-refractivity contribution in [2.45, 2.75) is 39.4 Å². The first-order valence-electron chi connectivity index (χ1n) is 6.88. The first-order valence-corrected chi connectivity index (χ1v) is 6.88. The van der Waals surface area contributed by atoms with Gasteiger partial charge in [-0.2, -0.15) is 0 Å². The zero-order valence-corrected chi connectivity index (χ0v) is 11.8. The summed E-state index contributed by atoms with van der Waals surface area (Å²) < 4.78 is 0. The molecule has 1 aromatic rings. The lowest BCUT2D eigenvalue weighted by Gasteiger charge is -2.27. The molecule has 2 rings (SSSR count). The van der Waals surface area contributed by atoms with Crippen LogP contribution in [0, 0.1) is 0 Å². The Morgan fingerprint density at radius 2 is 2.05 bits per heavy atom. The molecule has 1 atom stereocenters. The third kappa shape index (κ3) is 2.99. The van der Waals surface area contributed by atoms with Gasteiger partial charge in [0, 0.05) is 31.2 Å². The molecule has 0 fully saturated rings. The van der Waals surface area contributed by atoms with Crippen molar-refractivity contribution >= 4 is 11.9 Å². The molecule has 0 saturated carbocycles. The molecule has 108 valence electrons. The van der Waals surface area contributed by atoms with Crippen molar-refractivity contribution in [2.24, 2.45) is 0 Å². The smallest absolute Gasteiger partial charge is 0.305 e. The highest BCUT2D eigenvalue weighted by Crippen LogP contribution is 2.19. The van der Waals surface area contributed by atoms with Gasteiger partial charge in [0.05, 0.1) is 6.42 Å². The van der Waals surface area contributed by atoms with E-state index in [1.54, 1.807) is 11.8 Å². The first-order chi connectivity index (χ1) is 9.52. The number of nitrogens with one attached hydrogen (secondary N) is 1. The van der Waals surface area contributed by atoms with E-state index in [2.05, 4.69) is 5.32 Å². The number of nitrogens with zero attached hydrogens (tertiary/aromatic N) is 1. The largest absolute Gasteiger partial charge is 0.481 e. The molecular weight excluding hydrogens is 256 g/mol. The summed E-state index contributed by atoms with van der Waals surface area (Å²) in [5.41, 5.74) is 3.01. The Morgan fingerprint density at radius 3 is 2.70 bits per heavy atom. The number of rotatable bonds is 5.